The molecule has 0 spiro atoms. The van der Waals surface area contributed by atoms with E-state index >= 15 is 0 Å². The van der Waals surface area contributed by atoms with E-state index in [-0.39, 0.29) is 0 Å². The lowest BCUT2D eigenvalue weighted by Crippen LogP contribution is -1.94. The maximum atomic E-state index is 2.37. The third-order valence-electron chi connectivity index (χ3n) is 9.01. The zero-order valence-corrected chi connectivity index (χ0v) is 23.4. The molecule has 0 aliphatic heterocycles. The van der Waals surface area contributed by atoms with E-state index in [2.05, 4.69) is 147 Å². The zero-order chi connectivity index (χ0) is 27.5. The maximum Gasteiger partial charge on any atom is -0.00108 e. The van der Waals surface area contributed by atoms with Gasteiger partial charge in [0, 0.05) is 0 Å². The topological polar surface area (TPSA) is 0 Å². The van der Waals surface area contributed by atoms with Crippen molar-refractivity contribution in [2.45, 2.75) is 20.3 Å². The number of rotatable bonds is 4. The van der Waals surface area contributed by atoms with Gasteiger partial charge < -0.3 is 0 Å². The average molecular weight is 523 g/mol. The van der Waals surface area contributed by atoms with Crippen molar-refractivity contribution in [2.24, 2.45) is 0 Å². The van der Waals surface area contributed by atoms with E-state index in [1.807, 2.05) is 0 Å². The van der Waals surface area contributed by atoms with Gasteiger partial charge in [-0.05, 0) is 102 Å². The molecule has 1 aliphatic rings. The van der Waals surface area contributed by atoms with Crippen molar-refractivity contribution in [3.05, 3.63) is 145 Å². The van der Waals surface area contributed by atoms with Gasteiger partial charge in [0.25, 0.3) is 0 Å². The summed E-state index contributed by atoms with van der Waals surface area (Å²) in [6, 6.07) is 49.4. The van der Waals surface area contributed by atoms with Crippen LogP contribution in [0.2, 0.25) is 0 Å². The normalized spacial score (nSPS) is 11.8. The van der Waals surface area contributed by atoms with Crippen LogP contribution in [0.5, 0.6) is 0 Å². The molecule has 0 fully saturated rings. The first-order valence-electron chi connectivity index (χ1n) is 14.6. The highest BCUT2D eigenvalue weighted by Gasteiger charge is 2.30. The van der Waals surface area contributed by atoms with Crippen LogP contribution in [0.3, 0.4) is 0 Å². The van der Waals surface area contributed by atoms with E-state index in [9.17, 15) is 0 Å². The van der Waals surface area contributed by atoms with Crippen LogP contribution in [0, 0.1) is 6.92 Å². The summed E-state index contributed by atoms with van der Waals surface area (Å²) >= 11 is 0. The molecule has 7 aromatic carbocycles. The Morgan fingerprint density at radius 3 is 1.76 bits per heavy atom. The van der Waals surface area contributed by atoms with E-state index < -0.39 is 0 Å². The summed E-state index contributed by atoms with van der Waals surface area (Å²) in [4.78, 5) is 0. The van der Waals surface area contributed by atoms with Gasteiger partial charge in [0.1, 0.15) is 0 Å². The zero-order valence-electron chi connectivity index (χ0n) is 23.4. The molecule has 0 saturated heterocycles. The van der Waals surface area contributed by atoms with Gasteiger partial charge in [-0.1, -0.05) is 140 Å². The minimum Gasteiger partial charge on any atom is -0.0622 e. The van der Waals surface area contributed by atoms with Crippen molar-refractivity contribution in [1.82, 2.24) is 0 Å². The van der Waals surface area contributed by atoms with Crippen LogP contribution in [-0.4, -0.2) is 0 Å². The Kier molecular flexibility index (Phi) is 5.43. The standard InChI is InChI=1S/C41H30/c1-3-27-20-22-29(23-21-27)32-24-25-37-38-26(2)30-14-7-9-16-33(30)40(41(38)36-19-11-18-34(32)39(36)37)35-17-10-8-15-31(35)28-12-5-4-6-13-28/h4-25H,3H2,1-2H3. The Balaban J connectivity index is 1.48. The van der Waals surface area contributed by atoms with Crippen LogP contribution in [0.25, 0.3) is 77.2 Å². The Bertz CT molecular complexity index is 2110. The van der Waals surface area contributed by atoms with Gasteiger partial charge in [-0.25, -0.2) is 0 Å². The van der Waals surface area contributed by atoms with Crippen molar-refractivity contribution in [3.63, 3.8) is 0 Å². The predicted octanol–water partition coefficient (Wildman–Crippen LogP) is 11.5. The lowest BCUT2D eigenvalue weighted by atomic mass is 9.83. The molecule has 0 saturated carbocycles. The highest BCUT2D eigenvalue weighted by Crippen LogP contribution is 2.57. The summed E-state index contributed by atoms with van der Waals surface area (Å²) in [5, 5.41) is 5.33. The lowest BCUT2D eigenvalue weighted by Gasteiger charge is -2.20. The molecule has 1 aliphatic carbocycles. The van der Waals surface area contributed by atoms with Crippen molar-refractivity contribution < 1.29 is 0 Å². The fourth-order valence-corrected chi connectivity index (χ4v) is 7.06. The van der Waals surface area contributed by atoms with Crippen molar-refractivity contribution in [2.75, 3.05) is 0 Å². The molecular formula is C41H30. The van der Waals surface area contributed by atoms with Gasteiger partial charge in [-0.2, -0.15) is 0 Å². The minimum atomic E-state index is 1.06. The van der Waals surface area contributed by atoms with Crippen molar-refractivity contribution >= 4 is 21.5 Å². The van der Waals surface area contributed by atoms with Crippen LogP contribution in [0.1, 0.15) is 18.1 Å². The van der Waals surface area contributed by atoms with Crippen LogP contribution in [-0.2, 0) is 6.42 Å². The molecule has 0 atom stereocenters. The highest BCUT2D eigenvalue weighted by atomic mass is 14.3. The largest absolute Gasteiger partial charge is 0.0622 e. The molecular weight excluding hydrogens is 492 g/mol. The van der Waals surface area contributed by atoms with Crippen LogP contribution < -0.4 is 0 Å². The maximum absolute atomic E-state index is 2.37. The Morgan fingerprint density at radius 1 is 0.390 bits per heavy atom. The van der Waals surface area contributed by atoms with Crippen molar-refractivity contribution in [1.29, 1.82) is 0 Å². The first-order valence-corrected chi connectivity index (χ1v) is 14.6. The number of hydrogen-bond donors (Lipinski definition) is 0. The van der Waals surface area contributed by atoms with Gasteiger partial charge in [-0.3, -0.25) is 0 Å². The first-order chi connectivity index (χ1) is 20.2. The van der Waals surface area contributed by atoms with Gasteiger partial charge in [0.15, 0.2) is 0 Å². The fourth-order valence-electron chi connectivity index (χ4n) is 7.06. The summed E-state index contributed by atoms with van der Waals surface area (Å²) in [5.74, 6) is 0. The number of aryl methyl sites for hydroxylation is 2. The molecule has 194 valence electrons. The molecule has 0 radical (unpaired) electrons. The summed E-state index contributed by atoms with van der Waals surface area (Å²) in [6.07, 6.45) is 1.06. The molecule has 8 rings (SSSR count). The summed E-state index contributed by atoms with van der Waals surface area (Å²) in [5.41, 5.74) is 15.9. The van der Waals surface area contributed by atoms with Gasteiger partial charge >= 0.3 is 0 Å². The van der Waals surface area contributed by atoms with Crippen LogP contribution in [0.4, 0.5) is 0 Å². The third kappa shape index (κ3) is 3.54. The van der Waals surface area contributed by atoms with Crippen LogP contribution >= 0.6 is 0 Å². The lowest BCUT2D eigenvalue weighted by molar-refractivity contribution is 1.14. The molecule has 41 heavy (non-hydrogen) atoms. The second kappa shape index (κ2) is 9.32. The van der Waals surface area contributed by atoms with E-state index in [1.54, 1.807) is 0 Å². The van der Waals surface area contributed by atoms with Crippen LogP contribution in [0.15, 0.2) is 133 Å². The molecule has 0 amide bonds. The molecule has 0 N–H and O–H groups in total. The Labute approximate surface area is 241 Å². The quantitative estimate of drug-likeness (QED) is 0.216. The summed E-state index contributed by atoms with van der Waals surface area (Å²) < 4.78 is 0. The second-order valence-corrected chi connectivity index (χ2v) is 11.1. The number of hydrogen-bond acceptors (Lipinski definition) is 0. The number of fused-ring (bicyclic) bond motifs is 4. The van der Waals surface area contributed by atoms with E-state index in [1.165, 1.54) is 88.3 Å². The summed E-state index contributed by atoms with van der Waals surface area (Å²) in [7, 11) is 0. The van der Waals surface area contributed by atoms with E-state index in [0.29, 0.717) is 0 Å². The molecule has 0 bridgehead atoms. The SMILES string of the molecule is CCc1ccc(-c2ccc3c4c(cccc24)-c2c-3c(C)c3ccccc3c2-c2ccccc2-c2ccccc2)cc1. The smallest absolute Gasteiger partial charge is 0.00108 e. The average Bonchev–Trinajstić information content (AvgIpc) is 3.38. The molecule has 7 aromatic rings. The monoisotopic (exact) mass is 522 g/mol. The van der Waals surface area contributed by atoms with E-state index in [4.69, 9.17) is 0 Å². The van der Waals surface area contributed by atoms with E-state index in [0.717, 1.165) is 6.42 Å². The predicted molar refractivity (Wildman–Crippen MR) is 176 cm³/mol. The molecule has 0 aromatic heterocycles. The highest BCUT2D eigenvalue weighted by molar-refractivity contribution is 6.26. The molecule has 0 heteroatoms. The molecule has 0 nitrogen and oxygen atoms in total. The van der Waals surface area contributed by atoms with Gasteiger partial charge in [0.2, 0.25) is 0 Å². The molecule has 0 unspecified atom stereocenters. The fraction of sp³-hybridized carbons (Fsp3) is 0.0732. The second-order valence-electron chi connectivity index (χ2n) is 11.1. The Hall–Kier alpha value is -4.94. The number of benzene rings is 7. The van der Waals surface area contributed by atoms with Gasteiger partial charge in [0.05, 0.1) is 0 Å². The summed E-state index contributed by atoms with van der Waals surface area (Å²) in [6.45, 7) is 4.52. The van der Waals surface area contributed by atoms with Crippen molar-refractivity contribution in [3.8, 4) is 55.6 Å². The third-order valence-corrected chi connectivity index (χ3v) is 9.01. The minimum absolute atomic E-state index is 1.06. The Morgan fingerprint density at radius 2 is 0.976 bits per heavy atom. The first kappa shape index (κ1) is 23.9. The molecule has 0 heterocycles. The van der Waals surface area contributed by atoms with Gasteiger partial charge in [-0.15, -0.1) is 0 Å².